The van der Waals surface area contributed by atoms with Crippen molar-refractivity contribution < 1.29 is 0 Å². The summed E-state index contributed by atoms with van der Waals surface area (Å²) in [6.45, 7) is 12.4. The van der Waals surface area contributed by atoms with E-state index in [1.807, 2.05) is 0 Å². The average molecular weight is 288 g/mol. The van der Waals surface area contributed by atoms with Gasteiger partial charge in [-0.15, -0.1) is 0 Å². The number of aryl methyl sites for hydroxylation is 2. The lowest BCUT2D eigenvalue weighted by Crippen LogP contribution is -2.42. The maximum atomic E-state index is 6.49. The second kappa shape index (κ2) is 6.93. The van der Waals surface area contributed by atoms with Crippen LogP contribution in [0.15, 0.2) is 18.2 Å². The first-order chi connectivity index (χ1) is 9.99. The molecular weight excluding hydrogens is 256 g/mol. The lowest BCUT2D eigenvalue weighted by atomic mass is 9.74. The molecule has 1 aliphatic rings. The van der Waals surface area contributed by atoms with Crippen molar-refractivity contribution in [2.24, 2.45) is 11.1 Å². The van der Waals surface area contributed by atoms with Crippen molar-refractivity contribution in [2.45, 2.75) is 59.4 Å². The van der Waals surface area contributed by atoms with Gasteiger partial charge < -0.3 is 10.6 Å². The van der Waals surface area contributed by atoms with Gasteiger partial charge in [-0.1, -0.05) is 50.5 Å². The normalized spacial score (nSPS) is 20.4. The zero-order valence-electron chi connectivity index (χ0n) is 14.3. The molecule has 0 spiro atoms. The van der Waals surface area contributed by atoms with Crippen molar-refractivity contribution >= 4 is 0 Å². The second-order valence-corrected chi connectivity index (χ2v) is 6.97. The average Bonchev–Trinajstić information content (AvgIpc) is 2.50. The maximum Gasteiger partial charge on any atom is 0.0427 e. The van der Waals surface area contributed by atoms with E-state index in [1.54, 1.807) is 0 Å². The molecule has 2 N–H and O–H groups in total. The number of nitrogens with two attached hydrogens (primary N) is 1. The summed E-state index contributed by atoms with van der Waals surface area (Å²) in [4.78, 5) is 2.57. The second-order valence-electron chi connectivity index (χ2n) is 6.97. The Hall–Kier alpha value is -0.860. The van der Waals surface area contributed by atoms with E-state index in [0.29, 0.717) is 5.41 Å². The molecule has 0 radical (unpaired) electrons. The van der Waals surface area contributed by atoms with Gasteiger partial charge in [-0.2, -0.15) is 0 Å². The number of rotatable bonds is 5. The van der Waals surface area contributed by atoms with Gasteiger partial charge in [-0.05, 0) is 56.3 Å². The minimum absolute atomic E-state index is 0.139. The van der Waals surface area contributed by atoms with E-state index in [9.17, 15) is 0 Å². The molecule has 21 heavy (non-hydrogen) atoms. The number of piperidine rings is 1. The fourth-order valence-electron chi connectivity index (χ4n) is 3.70. The van der Waals surface area contributed by atoms with E-state index in [1.165, 1.54) is 55.5 Å². The van der Waals surface area contributed by atoms with Crippen LogP contribution in [0.25, 0.3) is 0 Å². The molecule has 1 fully saturated rings. The predicted octanol–water partition coefficient (Wildman–Crippen LogP) is 4.21. The van der Waals surface area contributed by atoms with Crippen molar-refractivity contribution in [3.63, 3.8) is 0 Å². The summed E-state index contributed by atoms with van der Waals surface area (Å²) in [6.07, 6.45) is 5.31. The van der Waals surface area contributed by atoms with Gasteiger partial charge in [0.1, 0.15) is 0 Å². The summed E-state index contributed by atoms with van der Waals surface area (Å²) in [5.74, 6) is 0. The van der Waals surface area contributed by atoms with Crippen LogP contribution in [0.3, 0.4) is 0 Å². The topological polar surface area (TPSA) is 29.3 Å². The number of nitrogens with zero attached hydrogens (tertiary/aromatic N) is 1. The fraction of sp³-hybridized carbons (Fsp3) is 0.684. The van der Waals surface area contributed by atoms with Crippen molar-refractivity contribution in [3.8, 4) is 0 Å². The fourth-order valence-corrected chi connectivity index (χ4v) is 3.70. The molecular formula is C19H32N2. The summed E-state index contributed by atoms with van der Waals surface area (Å²) in [5.41, 5.74) is 11.0. The minimum Gasteiger partial charge on any atom is -0.323 e. The molecule has 1 atom stereocenters. The first kappa shape index (κ1) is 16.5. The monoisotopic (exact) mass is 288 g/mol. The van der Waals surface area contributed by atoms with Gasteiger partial charge in [0, 0.05) is 12.6 Å². The highest BCUT2D eigenvalue weighted by Gasteiger charge is 2.31. The standard InChI is InChI=1S/C19H32N2/c1-5-19(6-2)9-11-21(12-10-19)14-18(20)17-13-15(3)7-8-16(17)4/h7-8,13,18H,5-6,9-12,14,20H2,1-4H3. The molecule has 2 nitrogen and oxygen atoms in total. The Morgan fingerprint density at radius 2 is 1.76 bits per heavy atom. The lowest BCUT2D eigenvalue weighted by Gasteiger charge is -2.41. The summed E-state index contributed by atoms with van der Waals surface area (Å²) in [6, 6.07) is 6.76. The van der Waals surface area contributed by atoms with Crippen molar-refractivity contribution in [1.82, 2.24) is 4.90 Å². The molecule has 1 aromatic rings. The van der Waals surface area contributed by atoms with Crippen molar-refractivity contribution in [1.29, 1.82) is 0 Å². The van der Waals surface area contributed by atoms with Crippen LogP contribution in [0.4, 0.5) is 0 Å². The predicted molar refractivity (Wildman–Crippen MR) is 91.5 cm³/mol. The van der Waals surface area contributed by atoms with Crippen LogP contribution < -0.4 is 5.73 Å². The Labute approximate surface area is 130 Å². The summed E-state index contributed by atoms with van der Waals surface area (Å²) < 4.78 is 0. The molecule has 0 bridgehead atoms. The molecule has 2 heteroatoms. The highest BCUT2D eigenvalue weighted by Crippen LogP contribution is 2.38. The van der Waals surface area contributed by atoms with Crippen LogP contribution in [0, 0.1) is 19.3 Å². The molecule has 0 saturated carbocycles. The van der Waals surface area contributed by atoms with Crippen molar-refractivity contribution in [2.75, 3.05) is 19.6 Å². The molecule has 2 rings (SSSR count). The Morgan fingerprint density at radius 3 is 2.33 bits per heavy atom. The summed E-state index contributed by atoms with van der Waals surface area (Å²) >= 11 is 0. The minimum atomic E-state index is 0.139. The molecule has 1 unspecified atom stereocenters. The van der Waals surface area contributed by atoms with E-state index < -0.39 is 0 Å². The Morgan fingerprint density at radius 1 is 1.14 bits per heavy atom. The van der Waals surface area contributed by atoms with Crippen LogP contribution in [0.2, 0.25) is 0 Å². The smallest absolute Gasteiger partial charge is 0.0427 e. The summed E-state index contributed by atoms with van der Waals surface area (Å²) in [7, 11) is 0. The lowest BCUT2D eigenvalue weighted by molar-refractivity contribution is 0.0914. The SMILES string of the molecule is CCC1(CC)CCN(CC(N)c2cc(C)ccc2C)CC1. The third-order valence-electron chi connectivity index (χ3n) is 5.71. The molecule has 0 aromatic heterocycles. The number of benzene rings is 1. The zero-order chi connectivity index (χ0) is 15.5. The third kappa shape index (κ3) is 3.87. The van der Waals surface area contributed by atoms with E-state index in [-0.39, 0.29) is 6.04 Å². The van der Waals surface area contributed by atoms with Gasteiger partial charge in [0.2, 0.25) is 0 Å². The van der Waals surface area contributed by atoms with Crippen LogP contribution in [-0.2, 0) is 0 Å². The number of likely N-dealkylation sites (tertiary alicyclic amines) is 1. The first-order valence-electron chi connectivity index (χ1n) is 8.55. The molecule has 0 amide bonds. The zero-order valence-corrected chi connectivity index (χ0v) is 14.3. The summed E-state index contributed by atoms with van der Waals surface area (Å²) in [5, 5.41) is 0. The molecule has 0 aliphatic carbocycles. The van der Waals surface area contributed by atoms with Gasteiger partial charge >= 0.3 is 0 Å². The Balaban J connectivity index is 1.95. The highest BCUT2D eigenvalue weighted by atomic mass is 15.1. The van der Waals surface area contributed by atoms with Gasteiger partial charge in [-0.25, -0.2) is 0 Å². The quantitative estimate of drug-likeness (QED) is 0.879. The Bertz CT molecular complexity index is 453. The third-order valence-corrected chi connectivity index (χ3v) is 5.71. The van der Waals surface area contributed by atoms with Gasteiger partial charge in [0.15, 0.2) is 0 Å². The van der Waals surface area contributed by atoms with Gasteiger partial charge in [0.25, 0.3) is 0 Å². The van der Waals surface area contributed by atoms with Crippen molar-refractivity contribution in [3.05, 3.63) is 34.9 Å². The maximum absolute atomic E-state index is 6.49. The van der Waals surface area contributed by atoms with Gasteiger partial charge in [0.05, 0.1) is 0 Å². The first-order valence-corrected chi connectivity index (χ1v) is 8.55. The van der Waals surface area contributed by atoms with Crippen LogP contribution >= 0.6 is 0 Å². The molecule has 1 aromatic carbocycles. The molecule has 118 valence electrons. The van der Waals surface area contributed by atoms with E-state index in [4.69, 9.17) is 5.73 Å². The van der Waals surface area contributed by atoms with Crippen LogP contribution in [0.5, 0.6) is 0 Å². The molecule has 1 saturated heterocycles. The van der Waals surface area contributed by atoms with Crippen LogP contribution in [0.1, 0.15) is 62.3 Å². The van der Waals surface area contributed by atoms with Gasteiger partial charge in [-0.3, -0.25) is 0 Å². The highest BCUT2D eigenvalue weighted by molar-refractivity contribution is 5.33. The molecule has 1 heterocycles. The Kier molecular flexibility index (Phi) is 5.45. The van der Waals surface area contributed by atoms with Crippen LogP contribution in [-0.4, -0.2) is 24.5 Å². The number of hydrogen-bond acceptors (Lipinski definition) is 2. The molecule has 1 aliphatic heterocycles. The van der Waals surface area contributed by atoms with E-state index in [0.717, 1.165) is 6.54 Å². The number of hydrogen-bond donors (Lipinski definition) is 1. The largest absolute Gasteiger partial charge is 0.323 e. The van der Waals surface area contributed by atoms with E-state index in [2.05, 4.69) is 50.8 Å². The van der Waals surface area contributed by atoms with E-state index >= 15 is 0 Å².